The van der Waals surface area contributed by atoms with Crippen molar-refractivity contribution in [2.45, 2.75) is 45.8 Å². The van der Waals surface area contributed by atoms with Gasteiger partial charge >= 0.3 is 6.09 Å². The molecule has 0 unspecified atom stereocenters. The van der Waals surface area contributed by atoms with Gasteiger partial charge in [-0.25, -0.2) is 4.79 Å². The number of ether oxygens (including phenoxy) is 1. The molecule has 0 bridgehead atoms. The van der Waals surface area contributed by atoms with E-state index in [0.29, 0.717) is 12.1 Å². The molecule has 1 N–H and O–H groups in total. The molecule has 1 aromatic rings. The Labute approximate surface area is 131 Å². The molecule has 6 nitrogen and oxygen atoms in total. The van der Waals surface area contributed by atoms with E-state index in [2.05, 4.69) is 10.3 Å². The number of alkyl carbamates (subject to hydrolysis) is 1. The lowest BCUT2D eigenvalue weighted by Crippen LogP contribution is -2.52. The van der Waals surface area contributed by atoms with Crippen molar-refractivity contribution in [3.63, 3.8) is 0 Å². The van der Waals surface area contributed by atoms with E-state index < -0.39 is 17.2 Å². The number of carbonyl (C=O) groups is 2. The normalized spacial score (nSPS) is 11.7. The molecule has 122 valence electrons. The first-order valence-electron chi connectivity index (χ1n) is 7.17. The minimum atomic E-state index is -0.611. The van der Waals surface area contributed by atoms with Gasteiger partial charge in [-0.3, -0.25) is 9.78 Å². The van der Waals surface area contributed by atoms with Gasteiger partial charge in [-0.1, -0.05) is 0 Å². The molecule has 6 heteroatoms. The molecule has 0 aliphatic rings. The second-order valence-electron chi connectivity index (χ2n) is 6.91. The summed E-state index contributed by atoms with van der Waals surface area (Å²) in [6.07, 6.45) is 2.65. The number of nitrogens with one attached hydrogen (secondary N) is 1. The van der Waals surface area contributed by atoms with Crippen LogP contribution in [0.25, 0.3) is 0 Å². The largest absolute Gasteiger partial charge is 0.444 e. The summed E-state index contributed by atoms with van der Waals surface area (Å²) in [6, 6.07) is 3.32. The quantitative estimate of drug-likeness (QED) is 0.927. The maximum Gasteiger partial charge on any atom is 0.408 e. The zero-order valence-electron chi connectivity index (χ0n) is 14.1. The first-order chi connectivity index (χ1) is 10.0. The molecule has 0 fully saturated rings. The lowest BCUT2D eigenvalue weighted by Gasteiger charge is -2.32. The lowest BCUT2D eigenvalue weighted by atomic mass is 10.0. The summed E-state index contributed by atoms with van der Waals surface area (Å²) >= 11 is 0. The average molecular weight is 307 g/mol. The van der Waals surface area contributed by atoms with Crippen molar-refractivity contribution in [1.82, 2.24) is 15.2 Å². The Morgan fingerprint density at radius 1 is 1.18 bits per heavy atom. The predicted octanol–water partition coefficient (Wildman–Crippen LogP) is 2.46. The standard InChI is InChI=1S/C16H25N3O3/c1-15(2,3)22-14(21)18-16(4,5)11-19(6)13(20)12-7-9-17-10-8-12/h7-10H,11H2,1-6H3,(H,18,21). The van der Waals surface area contributed by atoms with E-state index in [4.69, 9.17) is 4.74 Å². The lowest BCUT2D eigenvalue weighted by molar-refractivity contribution is 0.0441. The van der Waals surface area contributed by atoms with E-state index in [1.54, 1.807) is 57.2 Å². The molecule has 0 aliphatic heterocycles. The van der Waals surface area contributed by atoms with Crippen molar-refractivity contribution in [3.05, 3.63) is 30.1 Å². The number of likely N-dealkylation sites (N-methyl/N-ethyl adjacent to an activating group) is 1. The first-order valence-corrected chi connectivity index (χ1v) is 7.17. The molecule has 0 radical (unpaired) electrons. The summed E-state index contributed by atoms with van der Waals surface area (Å²) in [5, 5.41) is 2.78. The Hall–Kier alpha value is -2.11. The third-order valence-electron chi connectivity index (χ3n) is 2.75. The smallest absolute Gasteiger partial charge is 0.408 e. The van der Waals surface area contributed by atoms with Gasteiger partial charge in [0.1, 0.15) is 5.60 Å². The van der Waals surface area contributed by atoms with Crippen molar-refractivity contribution >= 4 is 12.0 Å². The van der Waals surface area contributed by atoms with E-state index in [1.165, 1.54) is 0 Å². The number of aromatic nitrogens is 1. The Kier molecular flexibility index (Phi) is 5.52. The van der Waals surface area contributed by atoms with Crippen LogP contribution in [-0.4, -0.2) is 46.6 Å². The number of nitrogens with zero attached hydrogens (tertiary/aromatic N) is 2. The molecule has 1 aromatic heterocycles. The predicted molar refractivity (Wildman–Crippen MR) is 84.6 cm³/mol. The van der Waals surface area contributed by atoms with Crippen LogP contribution >= 0.6 is 0 Å². The van der Waals surface area contributed by atoms with Gasteiger partial charge in [0.15, 0.2) is 0 Å². The maximum absolute atomic E-state index is 12.3. The number of hydrogen-bond donors (Lipinski definition) is 1. The van der Waals surface area contributed by atoms with Gasteiger partial charge in [0, 0.05) is 31.5 Å². The fourth-order valence-corrected chi connectivity index (χ4v) is 2.00. The third-order valence-corrected chi connectivity index (χ3v) is 2.75. The summed E-state index contributed by atoms with van der Waals surface area (Å²) in [4.78, 5) is 29.6. The van der Waals surface area contributed by atoms with Crippen LogP contribution in [-0.2, 0) is 4.74 Å². The van der Waals surface area contributed by atoms with Crippen LogP contribution in [0.1, 0.15) is 45.0 Å². The van der Waals surface area contributed by atoms with E-state index in [-0.39, 0.29) is 5.91 Å². The van der Waals surface area contributed by atoms with Crippen LogP contribution in [0.3, 0.4) is 0 Å². The number of hydrogen-bond acceptors (Lipinski definition) is 4. The van der Waals surface area contributed by atoms with E-state index in [9.17, 15) is 9.59 Å². The zero-order valence-corrected chi connectivity index (χ0v) is 14.1. The Morgan fingerprint density at radius 3 is 2.23 bits per heavy atom. The summed E-state index contributed by atoms with van der Waals surface area (Å²) in [7, 11) is 1.70. The van der Waals surface area contributed by atoms with Gasteiger partial charge in [-0.2, -0.15) is 0 Å². The molecule has 22 heavy (non-hydrogen) atoms. The van der Waals surface area contributed by atoms with Crippen molar-refractivity contribution in [2.75, 3.05) is 13.6 Å². The van der Waals surface area contributed by atoms with Gasteiger partial charge in [0.05, 0.1) is 5.54 Å². The monoisotopic (exact) mass is 307 g/mol. The fourth-order valence-electron chi connectivity index (χ4n) is 2.00. The highest BCUT2D eigenvalue weighted by Crippen LogP contribution is 2.11. The molecular weight excluding hydrogens is 282 g/mol. The van der Waals surface area contributed by atoms with Crippen molar-refractivity contribution in [3.8, 4) is 0 Å². The highest BCUT2D eigenvalue weighted by atomic mass is 16.6. The first kappa shape index (κ1) is 17.9. The topological polar surface area (TPSA) is 71.5 Å². The molecule has 0 saturated carbocycles. The minimum Gasteiger partial charge on any atom is -0.444 e. The van der Waals surface area contributed by atoms with E-state index in [1.807, 2.05) is 13.8 Å². The SMILES string of the molecule is CN(CC(C)(C)NC(=O)OC(C)(C)C)C(=O)c1ccncc1. The van der Waals surface area contributed by atoms with E-state index >= 15 is 0 Å². The van der Waals surface area contributed by atoms with Crippen LogP contribution in [0.5, 0.6) is 0 Å². The molecule has 0 aliphatic carbocycles. The molecule has 0 atom stereocenters. The van der Waals surface area contributed by atoms with Crippen LogP contribution in [0.15, 0.2) is 24.5 Å². The van der Waals surface area contributed by atoms with Crippen LogP contribution in [0.2, 0.25) is 0 Å². The van der Waals surface area contributed by atoms with Crippen LogP contribution in [0, 0.1) is 0 Å². The Morgan fingerprint density at radius 2 is 1.73 bits per heavy atom. The van der Waals surface area contributed by atoms with Crippen molar-refractivity contribution < 1.29 is 14.3 Å². The number of amides is 2. The molecule has 0 spiro atoms. The summed E-state index contributed by atoms with van der Waals surface area (Å²) in [5.74, 6) is -0.124. The molecule has 1 rings (SSSR count). The van der Waals surface area contributed by atoms with Gasteiger partial charge < -0.3 is 15.0 Å². The second kappa shape index (κ2) is 6.77. The van der Waals surface area contributed by atoms with Crippen molar-refractivity contribution in [1.29, 1.82) is 0 Å². The Balaban J connectivity index is 2.63. The fraction of sp³-hybridized carbons (Fsp3) is 0.562. The van der Waals surface area contributed by atoms with Crippen molar-refractivity contribution in [2.24, 2.45) is 0 Å². The average Bonchev–Trinajstić information content (AvgIpc) is 2.35. The second-order valence-corrected chi connectivity index (χ2v) is 6.91. The Bertz CT molecular complexity index is 521. The summed E-state index contributed by atoms with van der Waals surface area (Å²) in [5.41, 5.74) is -0.607. The molecule has 0 aromatic carbocycles. The maximum atomic E-state index is 12.3. The molecule has 2 amide bonds. The van der Waals surface area contributed by atoms with E-state index in [0.717, 1.165) is 0 Å². The van der Waals surface area contributed by atoms with Gasteiger partial charge in [0.25, 0.3) is 5.91 Å². The minimum absolute atomic E-state index is 0.124. The van der Waals surface area contributed by atoms with Crippen LogP contribution < -0.4 is 5.32 Å². The zero-order chi connectivity index (χ0) is 17.0. The number of pyridine rings is 1. The summed E-state index contributed by atoms with van der Waals surface area (Å²) in [6.45, 7) is 9.45. The summed E-state index contributed by atoms with van der Waals surface area (Å²) < 4.78 is 5.24. The number of carbonyl (C=O) groups excluding carboxylic acids is 2. The molecular formula is C16H25N3O3. The third kappa shape index (κ3) is 6.11. The van der Waals surface area contributed by atoms with Gasteiger partial charge in [-0.15, -0.1) is 0 Å². The highest BCUT2D eigenvalue weighted by molar-refractivity contribution is 5.93. The number of rotatable bonds is 4. The molecule has 0 saturated heterocycles. The van der Waals surface area contributed by atoms with Gasteiger partial charge in [-0.05, 0) is 46.8 Å². The van der Waals surface area contributed by atoms with Gasteiger partial charge in [0.2, 0.25) is 0 Å². The van der Waals surface area contributed by atoms with Crippen LogP contribution in [0.4, 0.5) is 4.79 Å². The molecule has 1 heterocycles. The highest BCUT2D eigenvalue weighted by Gasteiger charge is 2.27.